The smallest absolute Gasteiger partial charge is 0.230 e. The first-order valence-corrected chi connectivity index (χ1v) is 6.74. The molecule has 1 aliphatic rings. The van der Waals surface area contributed by atoms with Gasteiger partial charge in [0, 0.05) is 13.1 Å². The summed E-state index contributed by atoms with van der Waals surface area (Å²) in [4.78, 5) is 14.5. The number of nitrogens with zero attached hydrogens (tertiary/aromatic N) is 1. The van der Waals surface area contributed by atoms with E-state index >= 15 is 0 Å². The fourth-order valence-corrected chi connectivity index (χ4v) is 2.41. The number of morpholine rings is 1. The zero-order valence-corrected chi connectivity index (χ0v) is 11.0. The van der Waals surface area contributed by atoms with Gasteiger partial charge in [0.05, 0.1) is 19.1 Å². The lowest BCUT2D eigenvalue weighted by molar-refractivity contribution is -0.137. The van der Waals surface area contributed by atoms with Crippen LogP contribution in [0.2, 0.25) is 0 Å². The minimum Gasteiger partial charge on any atom is -0.378 e. The van der Waals surface area contributed by atoms with Gasteiger partial charge in [-0.25, -0.2) is 0 Å². The van der Waals surface area contributed by atoms with Gasteiger partial charge in [0.15, 0.2) is 0 Å². The van der Waals surface area contributed by atoms with Crippen LogP contribution in [0, 0.1) is 0 Å². The number of benzene rings is 1. The van der Waals surface area contributed by atoms with Crippen molar-refractivity contribution in [3.8, 4) is 0 Å². The molecule has 18 heavy (non-hydrogen) atoms. The van der Waals surface area contributed by atoms with E-state index < -0.39 is 0 Å². The third-order valence-corrected chi connectivity index (χ3v) is 3.40. The largest absolute Gasteiger partial charge is 0.378 e. The Kier molecular flexibility index (Phi) is 4.76. The van der Waals surface area contributed by atoms with Crippen LogP contribution >= 0.6 is 0 Å². The number of hydrogen-bond donors (Lipinski definition) is 0. The maximum atomic E-state index is 12.6. The number of rotatable bonds is 4. The predicted molar refractivity (Wildman–Crippen MR) is 71.5 cm³/mol. The Hall–Kier alpha value is -1.35. The van der Waals surface area contributed by atoms with E-state index in [0.29, 0.717) is 13.2 Å². The summed E-state index contributed by atoms with van der Waals surface area (Å²) in [6.07, 6.45) is 1.94. The quantitative estimate of drug-likeness (QED) is 0.818. The van der Waals surface area contributed by atoms with Crippen molar-refractivity contribution in [1.82, 2.24) is 4.90 Å². The maximum Gasteiger partial charge on any atom is 0.230 e. The molecule has 0 aromatic heterocycles. The molecule has 1 amide bonds. The number of carbonyl (C=O) groups excluding carboxylic acids is 1. The molecule has 1 atom stereocenters. The Labute approximate surface area is 109 Å². The molecule has 2 rings (SSSR count). The molecule has 0 N–H and O–H groups in total. The molecular formula is C15H21NO2. The van der Waals surface area contributed by atoms with Crippen molar-refractivity contribution in [2.75, 3.05) is 26.3 Å². The summed E-state index contributed by atoms with van der Waals surface area (Å²) in [5.74, 6) is 0.264. The van der Waals surface area contributed by atoms with Crippen molar-refractivity contribution in [2.24, 2.45) is 0 Å². The fourth-order valence-electron chi connectivity index (χ4n) is 2.41. The van der Waals surface area contributed by atoms with Crippen molar-refractivity contribution in [1.29, 1.82) is 0 Å². The molecule has 1 saturated heterocycles. The third kappa shape index (κ3) is 3.10. The molecule has 1 aliphatic heterocycles. The molecule has 0 spiro atoms. The summed E-state index contributed by atoms with van der Waals surface area (Å²) in [7, 11) is 0. The Balaban J connectivity index is 2.11. The Morgan fingerprint density at radius 1 is 1.28 bits per heavy atom. The van der Waals surface area contributed by atoms with Crippen LogP contribution in [0.3, 0.4) is 0 Å². The molecule has 3 nitrogen and oxygen atoms in total. The average molecular weight is 247 g/mol. The lowest BCUT2D eigenvalue weighted by atomic mass is 9.93. The van der Waals surface area contributed by atoms with Crippen LogP contribution in [0.4, 0.5) is 0 Å². The van der Waals surface area contributed by atoms with Crippen molar-refractivity contribution < 1.29 is 9.53 Å². The zero-order valence-electron chi connectivity index (χ0n) is 11.0. The second kappa shape index (κ2) is 6.55. The van der Waals surface area contributed by atoms with Crippen molar-refractivity contribution in [2.45, 2.75) is 25.7 Å². The minimum absolute atomic E-state index is 0.00861. The van der Waals surface area contributed by atoms with E-state index in [1.54, 1.807) is 0 Å². The molecular weight excluding hydrogens is 226 g/mol. The van der Waals surface area contributed by atoms with Crippen LogP contribution in [0.25, 0.3) is 0 Å². The Morgan fingerprint density at radius 3 is 2.56 bits per heavy atom. The van der Waals surface area contributed by atoms with E-state index in [4.69, 9.17) is 4.74 Å². The van der Waals surface area contributed by atoms with Crippen LogP contribution in [0.1, 0.15) is 31.2 Å². The molecule has 0 bridgehead atoms. The van der Waals surface area contributed by atoms with Crippen LogP contribution in [0.5, 0.6) is 0 Å². The lowest BCUT2D eigenvalue weighted by Crippen LogP contribution is -2.43. The molecule has 0 saturated carbocycles. The molecule has 1 aromatic carbocycles. The SMILES string of the molecule is CCCC(C(=O)N1CCOCC1)c1ccccc1. The normalized spacial score (nSPS) is 17.5. The lowest BCUT2D eigenvalue weighted by Gasteiger charge is -2.30. The highest BCUT2D eigenvalue weighted by Gasteiger charge is 2.26. The summed E-state index contributed by atoms with van der Waals surface area (Å²) >= 11 is 0. The van der Waals surface area contributed by atoms with Crippen molar-refractivity contribution in [3.05, 3.63) is 35.9 Å². The van der Waals surface area contributed by atoms with E-state index in [1.807, 2.05) is 23.1 Å². The molecule has 1 aromatic rings. The van der Waals surface area contributed by atoms with Crippen LogP contribution in [-0.4, -0.2) is 37.1 Å². The van der Waals surface area contributed by atoms with E-state index in [-0.39, 0.29) is 11.8 Å². The standard InChI is InChI=1S/C15H21NO2/c1-2-6-14(13-7-4-3-5-8-13)15(17)16-9-11-18-12-10-16/h3-5,7-8,14H,2,6,9-12H2,1H3. The van der Waals surface area contributed by atoms with Gasteiger partial charge >= 0.3 is 0 Å². The summed E-state index contributed by atoms with van der Waals surface area (Å²) in [6.45, 7) is 4.92. The average Bonchev–Trinajstić information content (AvgIpc) is 2.46. The van der Waals surface area contributed by atoms with Crippen molar-refractivity contribution >= 4 is 5.91 Å². The molecule has 98 valence electrons. The van der Waals surface area contributed by atoms with Gasteiger partial charge in [-0.15, -0.1) is 0 Å². The number of hydrogen-bond acceptors (Lipinski definition) is 2. The van der Waals surface area contributed by atoms with Gasteiger partial charge in [0.25, 0.3) is 0 Å². The van der Waals surface area contributed by atoms with E-state index in [2.05, 4.69) is 19.1 Å². The predicted octanol–water partition coefficient (Wildman–Crippen LogP) is 2.43. The third-order valence-electron chi connectivity index (χ3n) is 3.40. The summed E-state index contributed by atoms with van der Waals surface area (Å²) in [6, 6.07) is 10.1. The zero-order chi connectivity index (χ0) is 12.8. The second-order valence-corrected chi connectivity index (χ2v) is 4.69. The highest BCUT2D eigenvalue weighted by atomic mass is 16.5. The van der Waals surface area contributed by atoms with Gasteiger partial charge in [-0.2, -0.15) is 0 Å². The monoisotopic (exact) mass is 247 g/mol. The fraction of sp³-hybridized carbons (Fsp3) is 0.533. The number of ether oxygens (including phenoxy) is 1. The van der Waals surface area contributed by atoms with Gasteiger partial charge in [-0.05, 0) is 12.0 Å². The molecule has 0 aliphatic carbocycles. The molecule has 0 radical (unpaired) electrons. The second-order valence-electron chi connectivity index (χ2n) is 4.69. The molecule has 1 fully saturated rings. The van der Waals surface area contributed by atoms with Gasteiger partial charge < -0.3 is 9.64 Å². The highest BCUT2D eigenvalue weighted by Crippen LogP contribution is 2.24. The summed E-state index contributed by atoms with van der Waals surface area (Å²) in [5.41, 5.74) is 1.14. The van der Waals surface area contributed by atoms with Gasteiger partial charge in [0.1, 0.15) is 0 Å². The van der Waals surface area contributed by atoms with Crippen LogP contribution < -0.4 is 0 Å². The first-order valence-electron chi connectivity index (χ1n) is 6.74. The number of amides is 1. The first-order chi connectivity index (χ1) is 8.83. The van der Waals surface area contributed by atoms with E-state index in [9.17, 15) is 4.79 Å². The summed E-state index contributed by atoms with van der Waals surface area (Å²) < 4.78 is 5.30. The number of carbonyl (C=O) groups is 1. The van der Waals surface area contributed by atoms with Crippen molar-refractivity contribution in [3.63, 3.8) is 0 Å². The van der Waals surface area contributed by atoms with Gasteiger partial charge in [-0.3, -0.25) is 4.79 Å². The molecule has 3 heteroatoms. The Bertz CT molecular complexity index is 371. The van der Waals surface area contributed by atoms with Gasteiger partial charge in [-0.1, -0.05) is 43.7 Å². The molecule has 1 heterocycles. The van der Waals surface area contributed by atoms with Crippen LogP contribution in [0.15, 0.2) is 30.3 Å². The maximum absolute atomic E-state index is 12.6. The Morgan fingerprint density at radius 2 is 1.94 bits per heavy atom. The summed E-state index contributed by atoms with van der Waals surface area (Å²) in [5, 5.41) is 0. The van der Waals surface area contributed by atoms with Gasteiger partial charge in [0.2, 0.25) is 5.91 Å². The van der Waals surface area contributed by atoms with E-state index in [1.165, 1.54) is 0 Å². The van der Waals surface area contributed by atoms with E-state index in [0.717, 1.165) is 31.5 Å². The molecule has 1 unspecified atom stereocenters. The highest BCUT2D eigenvalue weighted by molar-refractivity contribution is 5.83. The first kappa shape index (κ1) is 13.1. The van der Waals surface area contributed by atoms with Crippen LogP contribution in [-0.2, 0) is 9.53 Å². The minimum atomic E-state index is 0.00861. The topological polar surface area (TPSA) is 29.5 Å².